The van der Waals surface area contributed by atoms with Gasteiger partial charge < -0.3 is 11.1 Å². The van der Waals surface area contributed by atoms with Crippen molar-refractivity contribution in [2.75, 3.05) is 17.6 Å². The highest BCUT2D eigenvalue weighted by molar-refractivity contribution is 5.44. The molecular formula is C10H15F3N4. The third-order valence-corrected chi connectivity index (χ3v) is 2.09. The molecule has 0 fully saturated rings. The third kappa shape index (κ3) is 4.46. The van der Waals surface area contributed by atoms with Crippen molar-refractivity contribution in [3.05, 3.63) is 11.9 Å². The predicted octanol–water partition coefficient (Wildman–Crippen LogP) is 2.68. The molecule has 1 aromatic heterocycles. The van der Waals surface area contributed by atoms with E-state index in [9.17, 15) is 13.2 Å². The topological polar surface area (TPSA) is 63.8 Å². The van der Waals surface area contributed by atoms with Crippen LogP contribution in [-0.2, 0) is 6.18 Å². The molecule has 0 aromatic carbocycles. The minimum Gasteiger partial charge on any atom is -0.384 e. The molecule has 0 aliphatic rings. The maximum absolute atomic E-state index is 12.4. The summed E-state index contributed by atoms with van der Waals surface area (Å²) in [6.45, 7) is 2.62. The molecule has 0 amide bonds. The molecule has 0 aliphatic carbocycles. The van der Waals surface area contributed by atoms with Crippen LogP contribution >= 0.6 is 0 Å². The lowest BCUT2D eigenvalue weighted by atomic mass is 10.2. The zero-order chi connectivity index (χ0) is 12.9. The van der Waals surface area contributed by atoms with Crippen LogP contribution in [0.25, 0.3) is 0 Å². The van der Waals surface area contributed by atoms with Crippen molar-refractivity contribution >= 4 is 11.6 Å². The molecule has 7 heteroatoms. The van der Waals surface area contributed by atoms with Gasteiger partial charge in [-0.1, -0.05) is 19.8 Å². The summed E-state index contributed by atoms with van der Waals surface area (Å²) in [5.41, 5.74) is 5.30. The van der Waals surface area contributed by atoms with Gasteiger partial charge in [0.25, 0.3) is 0 Å². The summed E-state index contributed by atoms with van der Waals surface area (Å²) in [5.74, 6) is -1.29. The van der Waals surface area contributed by atoms with E-state index in [1.54, 1.807) is 0 Å². The van der Waals surface area contributed by atoms with Gasteiger partial charge in [0, 0.05) is 12.6 Å². The van der Waals surface area contributed by atoms with E-state index in [2.05, 4.69) is 15.3 Å². The van der Waals surface area contributed by atoms with Gasteiger partial charge in [0.1, 0.15) is 11.6 Å². The van der Waals surface area contributed by atoms with Crippen LogP contribution in [0, 0.1) is 0 Å². The Morgan fingerprint density at radius 2 is 2.00 bits per heavy atom. The maximum Gasteiger partial charge on any atom is 0.451 e. The summed E-state index contributed by atoms with van der Waals surface area (Å²) in [4.78, 5) is 6.53. The fourth-order valence-electron chi connectivity index (χ4n) is 1.27. The fourth-order valence-corrected chi connectivity index (χ4v) is 1.27. The van der Waals surface area contributed by atoms with Crippen molar-refractivity contribution in [1.82, 2.24) is 9.97 Å². The van der Waals surface area contributed by atoms with Gasteiger partial charge in [-0.2, -0.15) is 13.2 Å². The number of halogens is 3. The van der Waals surface area contributed by atoms with Gasteiger partial charge >= 0.3 is 6.18 Å². The first-order valence-electron chi connectivity index (χ1n) is 5.39. The summed E-state index contributed by atoms with van der Waals surface area (Å²) >= 11 is 0. The van der Waals surface area contributed by atoms with Gasteiger partial charge in [0.2, 0.25) is 5.82 Å². The molecule has 1 heterocycles. The summed E-state index contributed by atoms with van der Waals surface area (Å²) < 4.78 is 37.1. The van der Waals surface area contributed by atoms with Gasteiger partial charge in [-0.15, -0.1) is 0 Å². The van der Waals surface area contributed by atoms with Crippen LogP contribution in [-0.4, -0.2) is 16.5 Å². The normalized spacial score (nSPS) is 11.5. The molecule has 1 rings (SSSR count). The molecule has 0 aliphatic heterocycles. The molecule has 0 spiro atoms. The smallest absolute Gasteiger partial charge is 0.384 e. The van der Waals surface area contributed by atoms with Gasteiger partial charge in [-0.25, -0.2) is 9.97 Å². The first kappa shape index (κ1) is 13.5. The molecule has 17 heavy (non-hydrogen) atoms. The number of alkyl halides is 3. The average Bonchev–Trinajstić information content (AvgIpc) is 2.22. The van der Waals surface area contributed by atoms with Gasteiger partial charge in [0.15, 0.2) is 0 Å². The SMILES string of the molecule is CCCCCNc1cc(N)nc(C(F)(F)F)n1. The molecular weight excluding hydrogens is 233 g/mol. The van der Waals surface area contributed by atoms with Crippen LogP contribution < -0.4 is 11.1 Å². The summed E-state index contributed by atoms with van der Waals surface area (Å²) in [6, 6.07) is 1.29. The summed E-state index contributed by atoms with van der Waals surface area (Å²) in [6.07, 6.45) is -1.64. The standard InChI is InChI=1S/C10H15F3N4/c1-2-3-4-5-15-8-6-7(14)16-9(17-8)10(11,12)13/h6H,2-5H2,1H3,(H3,14,15,16,17). The second-order valence-electron chi connectivity index (χ2n) is 3.63. The quantitative estimate of drug-likeness (QED) is 0.786. The van der Waals surface area contributed by atoms with Gasteiger partial charge in [0.05, 0.1) is 0 Å². The van der Waals surface area contributed by atoms with Gasteiger partial charge in [-0.05, 0) is 6.42 Å². The van der Waals surface area contributed by atoms with E-state index in [1.165, 1.54) is 6.07 Å². The summed E-state index contributed by atoms with van der Waals surface area (Å²) in [5, 5.41) is 2.80. The van der Waals surface area contributed by atoms with Crippen molar-refractivity contribution in [2.45, 2.75) is 32.4 Å². The number of nitrogens with two attached hydrogens (primary N) is 1. The zero-order valence-corrected chi connectivity index (χ0v) is 9.51. The summed E-state index contributed by atoms with van der Waals surface area (Å²) in [7, 11) is 0. The second-order valence-corrected chi connectivity index (χ2v) is 3.63. The molecule has 96 valence electrons. The van der Waals surface area contributed by atoms with E-state index in [0.29, 0.717) is 6.54 Å². The van der Waals surface area contributed by atoms with Crippen molar-refractivity contribution in [1.29, 1.82) is 0 Å². The minimum atomic E-state index is -4.57. The highest BCUT2D eigenvalue weighted by Crippen LogP contribution is 2.27. The largest absolute Gasteiger partial charge is 0.451 e. The molecule has 0 unspecified atom stereocenters. The van der Waals surface area contributed by atoms with Crippen molar-refractivity contribution in [2.24, 2.45) is 0 Å². The molecule has 0 saturated heterocycles. The molecule has 3 N–H and O–H groups in total. The fraction of sp³-hybridized carbons (Fsp3) is 0.600. The van der Waals surface area contributed by atoms with Crippen molar-refractivity contribution < 1.29 is 13.2 Å². The van der Waals surface area contributed by atoms with Crippen molar-refractivity contribution in [3.8, 4) is 0 Å². The number of hydrogen-bond donors (Lipinski definition) is 2. The van der Waals surface area contributed by atoms with E-state index < -0.39 is 12.0 Å². The van der Waals surface area contributed by atoms with Crippen LogP contribution in [0.5, 0.6) is 0 Å². The minimum absolute atomic E-state index is 0.112. The molecule has 0 atom stereocenters. The Morgan fingerprint density at radius 1 is 1.29 bits per heavy atom. The van der Waals surface area contributed by atoms with Crippen LogP contribution in [0.4, 0.5) is 24.8 Å². The monoisotopic (exact) mass is 248 g/mol. The number of nitrogens with one attached hydrogen (secondary N) is 1. The van der Waals surface area contributed by atoms with E-state index in [-0.39, 0.29) is 11.6 Å². The number of anilines is 2. The van der Waals surface area contributed by atoms with Crippen LogP contribution in [0.2, 0.25) is 0 Å². The predicted molar refractivity (Wildman–Crippen MR) is 59.5 cm³/mol. The van der Waals surface area contributed by atoms with Gasteiger partial charge in [-0.3, -0.25) is 0 Å². The zero-order valence-electron chi connectivity index (χ0n) is 9.51. The Balaban J connectivity index is 2.69. The van der Waals surface area contributed by atoms with Crippen LogP contribution in [0.15, 0.2) is 6.07 Å². The maximum atomic E-state index is 12.4. The van der Waals surface area contributed by atoms with Crippen molar-refractivity contribution in [3.63, 3.8) is 0 Å². The molecule has 0 bridgehead atoms. The van der Waals surface area contributed by atoms with Crippen LogP contribution in [0.1, 0.15) is 32.0 Å². The molecule has 1 aromatic rings. The first-order chi connectivity index (χ1) is 7.93. The Labute approximate surface area is 97.4 Å². The molecule has 0 radical (unpaired) electrons. The lowest BCUT2D eigenvalue weighted by molar-refractivity contribution is -0.144. The third-order valence-electron chi connectivity index (χ3n) is 2.09. The number of unbranched alkanes of at least 4 members (excludes halogenated alkanes) is 2. The Bertz CT molecular complexity index is 365. The van der Waals surface area contributed by atoms with E-state index >= 15 is 0 Å². The Morgan fingerprint density at radius 3 is 2.59 bits per heavy atom. The number of aromatic nitrogens is 2. The highest BCUT2D eigenvalue weighted by atomic mass is 19.4. The first-order valence-corrected chi connectivity index (χ1v) is 5.39. The number of rotatable bonds is 5. The number of hydrogen-bond acceptors (Lipinski definition) is 4. The average molecular weight is 248 g/mol. The second kappa shape index (κ2) is 5.70. The lowest BCUT2D eigenvalue weighted by Crippen LogP contribution is -2.14. The van der Waals surface area contributed by atoms with E-state index in [1.807, 2.05) is 6.92 Å². The number of nitrogens with zero attached hydrogens (tertiary/aromatic N) is 2. The molecule has 0 saturated carbocycles. The Kier molecular flexibility index (Phi) is 4.53. The highest BCUT2D eigenvalue weighted by Gasteiger charge is 2.35. The molecule has 4 nitrogen and oxygen atoms in total. The van der Waals surface area contributed by atoms with E-state index in [0.717, 1.165) is 19.3 Å². The van der Waals surface area contributed by atoms with E-state index in [4.69, 9.17) is 5.73 Å². The van der Waals surface area contributed by atoms with Crippen LogP contribution in [0.3, 0.4) is 0 Å². The lowest BCUT2D eigenvalue weighted by Gasteiger charge is -2.09. The Hall–Kier alpha value is -1.53. The number of nitrogen functional groups attached to an aromatic ring is 1.